The number of benzene rings is 2. The van der Waals surface area contributed by atoms with Crippen LogP contribution < -0.4 is 11.1 Å². The van der Waals surface area contributed by atoms with Crippen LogP contribution in [-0.4, -0.2) is 22.8 Å². The Morgan fingerprint density at radius 1 is 1.06 bits per heavy atom. The maximum atomic E-state index is 13.1. The van der Waals surface area contributed by atoms with Crippen LogP contribution >= 0.6 is 0 Å². The van der Waals surface area contributed by atoms with Gasteiger partial charge < -0.3 is 16.0 Å². The van der Waals surface area contributed by atoms with E-state index in [1.165, 1.54) is 16.7 Å². The summed E-state index contributed by atoms with van der Waals surface area (Å²) in [7, 11) is 0. The Morgan fingerprint density at radius 2 is 1.68 bits per heavy atom. The minimum absolute atomic E-state index is 0.00154. The highest BCUT2D eigenvalue weighted by Crippen LogP contribution is 2.52. The summed E-state index contributed by atoms with van der Waals surface area (Å²) in [6.07, 6.45) is 8.51. The van der Waals surface area contributed by atoms with E-state index in [1.54, 1.807) is 19.1 Å². The summed E-state index contributed by atoms with van der Waals surface area (Å²) < 4.78 is 0. The van der Waals surface area contributed by atoms with Crippen molar-refractivity contribution >= 4 is 11.8 Å². The molecule has 2 heterocycles. The first kappa shape index (κ1) is 20.9. The van der Waals surface area contributed by atoms with Crippen LogP contribution in [0.4, 0.5) is 0 Å². The molecule has 31 heavy (non-hydrogen) atoms. The molecule has 2 bridgehead atoms. The summed E-state index contributed by atoms with van der Waals surface area (Å²) in [5, 5.41) is 2.95. The molecule has 0 aromatic heterocycles. The fourth-order valence-corrected chi connectivity index (χ4v) is 4.70. The summed E-state index contributed by atoms with van der Waals surface area (Å²) in [4.78, 5) is 27.4. The Labute approximate surface area is 183 Å². The van der Waals surface area contributed by atoms with E-state index in [-0.39, 0.29) is 35.6 Å². The van der Waals surface area contributed by atoms with Gasteiger partial charge in [0, 0.05) is 12.1 Å². The fraction of sp³-hybridized carbons (Fsp3) is 0.308. The van der Waals surface area contributed by atoms with Crippen LogP contribution in [0, 0.1) is 0 Å². The number of rotatable bonds is 7. The molecule has 2 aromatic carbocycles. The van der Waals surface area contributed by atoms with Gasteiger partial charge in [-0.05, 0) is 49.3 Å². The molecule has 1 fully saturated rings. The van der Waals surface area contributed by atoms with Crippen molar-refractivity contribution < 1.29 is 9.59 Å². The number of carbonyl (C=O) groups is 2. The molecule has 2 amide bonds. The number of nitrogens with zero attached hydrogens (tertiary/aromatic N) is 1. The molecular formula is C26H29N3O2. The van der Waals surface area contributed by atoms with Gasteiger partial charge in [0.2, 0.25) is 5.91 Å². The summed E-state index contributed by atoms with van der Waals surface area (Å²) in [6, 6.07) is 18.5. The fourth-order valence-electron chi connectivity index (χ4n) is 4.70. The average Bonchev–Trinajstić information content (AvgIpc) is 3.38. The number of nitrogens with two attached hydrogens (primary N) is 1. The van der Waals surface area contributed by atoms with E-state index in [1.807, 2.05) is 41.3 Å². The first-order valence-corrected chi connectivity index (χ1v) is 10.9. The van der Waals surface area contributed by atoms with Crippen molar-refractivity contribution in [3.05, 3.63) is 95.2 Å². The van der Waals surface area contributed by atoms with Crippen molar-refractivity contribution in [2.24, 2.45) is 5.73 Å². The monoisotopic (exact) mass is 415 g/mol. The summed E-state index contributed by atoms with van der Waals surface area (Å²) in [5.74, 6) is -0.312. The van der Waals surface area contributed by atoms with Gasteiger partial charge in [-0.15, -0.1) is 0 Å². The predicted molar refractivity (Wildman–Crippen MR) is 122 cm³/mol. The number of hydrogen-bond donors (Lipinski definition) is 2. The number of allylic oxidation sites excluding steroid dienone is 1. The molecule has 0 unspecified atom stereocenters. The molecule has 0 aliphatic carbocycles. The van der Waals surface area contributed by atoms with Crippen LogP contribution in [0.15, 0.2) is 78.5 Å². The third kappa shape index (κ3) is 4.41. The molecule has 2 aliphatic rings. The minimum Gasteiger partial charge on any atom is -0.395 e. The van der Waals surface area contributed by atoms with Crippen LogP contribution in [0.2, 0.25) is 0 Å². The Morgan fingerprint density at radius 3 is 2.29 bits per heavy atom. The van der Waals surface area contributed by atoms with E-state index in [9.17, 15) is 9.59 Å². The molecule has 3 N–H and O–H groups in total. The SMILES string of the molecule is CC=C(N)C(=O)N[C@H](/C=C/C(=O)N1[C@@H]2CC[C@H]1c1ccccc12)CCc1ccccc1. The number of nitrogens with one attached hydrogen (secondary N) is 1. The van der Waals surface area contributed by atoms with Gasteiger partial charge in [-0.1, -0.05) is 66.7 Å². The maximum absolute atomic E-state index is 13.1. The Balaban J connectivity index is 1.46. The van der Waals surface area contributed by atoms with Crippen molar-refractivity contribution in [3.63, 3.8) is 0 Å². The number of fused-ring (bicyclic) bond motifs is 5. The van der Waals surface area contributed by atoms with Crippen molar-refractivity contribution in [1.29, 1.82) is 0 Å². The second-order valence-corrected chi connectivity index (χ2v) is 8.19. The zero-order valence-corrected chi connectivity index (χ0v) is 17.8. The van der Waals surface area contributed by atoms with Gasteiger partial charge in [-0.3, -0.25) is 9.59 Å². The first-order chi connectivity index (χ1) is 15.1. The molecule has 5 heteroatoms. The normalized spacial score (nSPS) is 20.7. The summed E-state index contributed by atoms with van der Waals surface area (Å²) >= 11 is 0. The maximum Gasteiger partial charge on any atom is 0.267 e. The van der Waals surface area contributed by atoms with E-state index in [4.69, 9.17) is 5.73 Å². The molecular weight excluding hydrogens is 386 g/mol. The molecule has 2 aliphatic heterocycles. The molecule has 4 rings (SSSR count). The van der Waals surface area contributed by atoms with Crippen molar-refractivity contribution in [2.45, 2.75) is 50.7 Å². The number of aryl methyl sites for hydroxylation is 1. The van der Waals surface area contributed by atoms with E-state index < -0.39 is 0 Å². The summed E-state index contributed by atoms with van der Waals surface area (Å²) in [6.45, 7) is 1.73. The molecule has 2 aromatic rings. The lowest BCUT2D eigenvalue weighted by Gasteiger charge is -2.21. The van der Waals surface area contributed by atoms with Gasteiger partial charge in [-0.25, -0.2) is 0 Å². The van der Waals surface area contributed by atoms with Crippen LogP contribution in [0.5, 0.6) is 0 Å². The Kier molecular flexibility index (Phi) is 6.21. The quantitative estimate of drug-likeness (QED) is 0.673. The number of hydrogen-bond acceptors (Lipinski definition) is 3. The van der Waals surface area contributed by atoms with Crippen molar-refractivity contribution in [2.75, 3.05) is 0 Å². The Hall–Kier alpha value is -3.34. The highest BCUT2D eigenvalue weighted by Gasteiger charge is 2.45. The Bertz CT molecular complexity index is 981. The van der Waals surface area contributed by atoms with Crippen LogP contribution in [0.25, 0.3) is 0 Å². The molecule has 1 saturated heterocycles. The lowest BCUT2D eigenvalue weighted by molar-refractivity contribution is -0.128. The highest BCUT2D eigenvalue weighted by molar-refractivity contribution is 5.93. The number of amides is 2. The van der Waals surface area contributed by atoms with Crippen LogP contribution in [0.1, 0.15) is 55.0 Å². The van der Waals surface area contributed by atoms with Gasteiger partial charge in [-0.2, -0.15) is 0 Å². The first-order valence-electron chi connectivity index (χ1n) is 10.9. The lowest BCUT2D eigenvalue weighted by Crippen LogP contribution is -2.37. The topological polar surface area (TPSA) is 75.4 Å². The molecule has 5 nitrogen and oxygen atoms in total. The van der Waals surface area contributed by atoms with Gasteiger partial charge >= 0.3 is 0 Å². The van der Waals surface area contributed by atoms with Gasteiger partial charge in [0.05, 0.1) is 17.8 Å². The van der Waals surface area contributed by atoms with Gasteiger partial charge in [0.25, 0.3) is 5.91 Å². The third-order valence-corrected chi connectivity index (χ3v) is 6.30. The lowest BCUT2D eigenvalue weighted by atomic mass is 9.92. The van der Waals surface area contributed by atoms with Gasteiger partial charge in [0.15, 0.2) is 0 Å². The van der Waals surface area contributed by atoms with E-state index in [0.717, 1.165) is 19.3 Å². The van der Waals surface area contributed by atoms with Crippen molar-refractivity contribution in [1.82, 2.24) is 10.2 Å². The number of carbonyl (C=O) groups excluding carboxylic acids is 2. The largest absolute Gasteiger partial charge is 0.395 e. The van der Waals surface area contributed by atoms with Crippen LogP contribution in [-0.2, 0) is 16.0 Å². The van der Waals surface area contributed by atoms with E-state index in [2.05, 4.69) is 29.6 Å². The third-order valence-electron chi connectivity index (χ3n) is 6.30. The standard InChI is InChI=1S/C26H29N3O2/c1-2-22(27)26(31)28-19(13-12-18-8-4-3-5-9-18)14-17-25(30)29-23-15-16-24(29)21-11-7-6-10-20(21)23/h2-11,14,17,19,23-24H,12-13,15-16,27H2,1H3,(H,28,31)/b17-14+,22-2?/t19-,23-,24+/m0/s1. The second kappa shape index (κ2) is 9.21. The smallest absolute Gasteiger partial charge is 0.267 e. The molecule has 160 valence electrons. The van der Waals surface area contributed by atoms with E-state index >= 15 is 0 Å². The average molecular weight is 416 g/mol. The molecule has 3 atom stereocenters. The summed E-state index contributed by atoms with van der Waals surface area (Å²) in [5.41, 5.74) is 9.68. The molecule has 0 spiro atoms. The van der Waals surface area contributed by atoms with Crippen molar-refractivity contribution in [3.8, 4) is 0 Å². The zero-order chi connectivity index (χ0) is 21.8. The predicted octanol–water partition coefficient (Wildman–Crippen LogP) is 3.94. The zero-order valence-electron chi connectivity index (χ0n) is 17.8. The highest BCUT2D eigenvalue weighted by atomic mass is 16.2. The minimum atomic E-state index is -0.314. The van der Waals surface area contributed by atoms with Gasteiger partial charge in [0.1, 0.15) is 0 Å². The second-order valence-electron chi connectivity index (χ2n) is 8.19. The van der Waals surface area contributed by atoms with Crippen LogP contribution in [0.3, 0.4) is 0 Å². The molecule has 0 saturated carbocycles. The molecule has 0 radical (unpaired) electrons. The van der Waals surface area contributed by atoms with E-state index in [0.29, 0.717) is 6.42 Å².